The molecule has 2 aromatic rings. The summed E-state index contributed by atoms with van der Waals surface area (Å²) in [6.45, 7) is 8.93. The zero-order valence-corrected chi connectivity index (χ0v) is 21.6. The number of aryl methyl sites for hydroxylation is 3. The van der Waals surface area contributed by atoms with Crippen LogP contribution in [0.15, 0.2) is 30.5 Å². The maximum Gasteiger partial charge on any atom is 0.490 e. The lowest BCUT2D eigenvalue weighted by molar-refractivity contribution is -0.192. The average molecular weight is 521 g/mol. The molecule has 1 aromatic carbocycles. The number of carboxylic acid groups (broad SMARTS) is 1. The topological polar surface area (TPSA) is 78.7 Å². The van der Waals surface area contributed by atoms with Gasteiger partial charge in [-0.2, -0.15) is 18.3 Å². The molecule has 3 heterocycles. The quantitative estimate of drug-likeness (QED) is 0.637. The molecule has 2 aliphatic heterocycles. The molecule has 1 spiro atoms. The number of rotatable bonds is 5. The summed E-state index contributed by atoms with van der Waals surface area (Å²) in [6.07, 6.45) is 1.49. The number of carbonyl (C=O) groups is 2. The summed E-state index contributed by atoms with van der Waals surface area (Å²) in [4.78, 5) is 27.5. The lowest BCUT2D eigenvalue weighted by Gasteiger charge is -2.42. The number of piperidine rings is 1. The number of carbonyl (C=O) groups excluding carboxylic acids is 1. The summed E-state index contributed by atoms with van der Waals surface area (Å²) < 4.78 is 33.7. The van der Waals surface area contributed by atoms with E-state index in [4.69, 9.17) is 9.90 Å². The molecule has 0 bridgehead atoms. The minimum absolute atomic E-state index is 0.213. The standard InChI is InChI=1S/C25H34N4O.C2HF3O2/c1-18-11-19(2)13-21(12-18)14-28-16-22(23-7-9-26-27(23)3)25(17-28)8-4-10-29(24(25)30)15-20-5-6-20;3-2(4,5)1(6)7/h7,9,11-13,20,22H,4-6,8,10,14-17H2,1-3H3;(H,6,7)/t22-,25+;/m0./s1. The van der Waals surface area contributed by atoms with E-state index in [1.54, 1.807) is 0 Å². The van der Waals surface area contributed by atoms with E-state index in [2.05, 4.69) is 53.0 Å². The smallest absolute Gasteiger partial charge is 0.475 e. The van der Waals surface area contributed by atoms with Crippen LogP contribution in [-0.4, -0.2) is 68.9 Å². The SMILES string of the molecule is Cc1cc(C)cc(CN2C[C@@H](c3ccnn3C)[C@@]3(CCCN(CC4CC4)C3=O)C2)c1.O=C(O)C(F)(F)F. The lowest BCUT2D eigenvalue weighted by atomic mass is 9.70. The third-order valence-corrected chi connectivity index (χ3v) is 7.70. The number of hydrogen-bond acceptors (Lipinski definition) is 4. The van der Waals surface area contributed by atoms with E-state index in [0.717, 1.165) is 51.5 Å². The van der Waals surface area contributed by atoms with Gasteiger partial charge in [-0.25, -0.2) is 4.79 Å². The molecule has 1 aromatic heterocycles. The fourth-order valence-electron chi connectivity index (χ4n) is 6.01. The molecule has 0 radical (unpaired) electrons. The molecule has 3 fully saturated rings. The van der Waals surface area contributed by atoms with Crippen molar-refractivity contribution in [2.24, 2.45) is 18.4 Å². The minimum atomic E-state index is -5.08. The van der Waals surface area contributed by atoms with Gasteiger partial charge in [0.15, 0.2) is 0 Å². The van der Waals surface area contributed by atoms with Gasteiger partial charge in [-0.3, -0.25) is 14.4 Å². The second-order valence-corrected chi connectivity index (χ2v) is 10.9. The van der Waals surface area contributed by atoms with Gasteiger partial charge < -0.3 is 10.0 Å². The van der Waals surface area contributed by atoms with Crippen LogP contribution in [0.5, 0.6) is 0 Å². The van der Waals surface area contributed by atoms with Crippen molar-refractivity contribution < 1.29 is 27.9 Å². The van der Waals surface area contributed by atoms with Gasteiger partial charge in [0.25, 0.3) is 0 Å². The van der Waals surface area contributed by atoms with Gasteiger partial charge in [-0.15, -0.1) is 0 Å². The third kappa shape index (κ3) is 6.17. The number of nitrogens with zero attached hydrogens (tertiary/aromatic N) is 4. The van der Waals surface area contributed by atoms with Gasteiger partial charge in [0, 0.05) is 57.6 Å². The number of likely N-dealkylation sites (tertiary alicyclic amines) is 2. The summed E-state index contributed by atoms with van der Waals surface area (Å²) in [6, 6.07) is 8.94. The highest BCUT2D eigenvalue weighted by Crippen LogP contribution is 2.50. The zero-order chi connectivity index (χ0) is 27.0. The molecule has 1 aliphatic carbocycles. The number of aromatic nitrogens is 2. The van der Waals surface area contributed by atoms with E-state index < -0.39 is 12.1 Å². The van der Waals surface area contributed by atoms with Gasteiger partial charge in [-0.05, 0) is 57.1 Å². The Bertz CT molecular complexity index is 1120. The Balaban J connectivity index is 0.000000405. The van der Waals surface area contributed by atoms with Crippen molar-refractivity contribution in [2.75, 3.05) is 26.2 Å². The number of carboxylic acids is 1. The Hall–Kier alpha value is -2.88. The number of halogens is 3. The van der Waals surface area contributed by atoms with E-state index in [1.165, 1.54) is 35.2 Å². The summed E-state index contributed by atoms with van der Waals surface area (Å²) in [5.41, 5.74) is 4.88. The van der Waals surface area contributed by atoms with Crippen molar-refractivity contribution in [2.45, 2.75) is 58.2 Å². The monoisotopic (exact) mass is 520 g/mol. The van der Waals surface area contributed by atoms with Crippen LogP contribution in [0.4, 0.5) is 13.2 Å². The van der Waals surface area contributed by atoms with Crippen molar-refractivity contribution in [3.63, 3.8) is 0 Å². The molecular weight excluding hydrogens is 485 g/mol. The molecule has 37 heavy (non-hydrogen) atoms. The number of aliphatic carboxylic acids is 1. The molecule has 1 N–H and O–H groups in total. The lowest BCUT2D eigenvalue weighted by Crippen LogP contribution is -2.52. The largest absolute Gasteiger partial charge is 0.490 e. The van der Waals surface area contributed by atoms with Gasteiger partial charge >= 0.3 is 12.1 Å². The van der Waals surface area contributed by atoms with E-state index in [-0.39, 0.29) is 11.3 Å². The summed E-state index contributed by atoms with van der Waals surface area (Å²) in [5, 5.41) is 11.6. The van der Waals surface area contributed by atoms with Crippen molar-refractivity contribution in [3.8, 4) is 0 Å². The predicted octanol–water partition coefficient (Wildman–Crippen LogP) is 4.29. The first-order valence-electron chi connectivity index (χ1n) is 12.8. The highest BCUT2D eigenvalue weighted by atomic mass is 19.4. The van der Waals surface area contributed by atoms with Gasteiger partial charge in [-0.1, -0.05) is 29.3 Å². The fraction of sp³-hybridized carbons (Fsp3) is 0.593. The molecule has 1 saturated carbocycles. The van der Waals surface area contributed by atoms with Crippen LogP contribution in [0.3, 0.4) is 0 Å². The van der Waals surface area contributed by atoms with Gasteiger partial charge in [0.2, 0.25) is 5.91 Å². The van der Waals surface area contributed by atoms with Crippen molar-refractivity contribution in [3.05, 3.63) is 52.8 Å². The van der Waals surface area contributed by atoms with Crippen molar-refractivity contribution in [1.82, 2.24) is 19.6 Å². The maximum atomic E-state index is 13.9. The molecule has 1 amide bonds. The second-order valence-electron chi connectivity index (χ2n) is 10.9. The van der Waals surface area contributed by atoms with E-state index in [1.807, 2.05) is 17.9 Å². The molecule has 3 aliphatic rings. The zero-order valence-electron chi connectivity index (χ0n) is 21.6. The Morgan fingerprint density at radius 1 is 1.19 bits per heavy atom. The van der Waals surface area contributed by atoms with Gasteiger partial charge in [0.1, 0.15) is 0 Å². The number of amides is 1. The number of alkyl halides is 3. The van der Waals surface area contributed by atoms with Crippen LogP contribution in [0.2, 0.25) is 0 Å². The molecule has 2 atom stereocenters. The number of hydrogen-bond donors (Lipinski definition) is 1. The first-order valence-corrected chi connectivity index (χ1v) is 12.8. The average Bonchev–Trinajstić information content (AvgIpc) is 3.40. The van der Waals surface area contributed by atoms with E-state index in [9.17, 15) is 18.0 Å². The van der Waals surface area contributed by atoms with Crippen LogP contribution in [-0.2, 0) is 23.2 Å². The van der Waals surface area contributed by atoms with E-state index in [0.29, 0.717) is 5.91 Å². The summed E-state index contributed by atoms with van der Waals surface area (Å²) in [5.74, 6) is -1.40. The minimum Gasteiger partial charge on any atom is -0.475 e. The van der Waals surface area contributed by atoms with E-state index >= 15 is 0 Å². The normalized spacial score (nSPS) is 24.3. The highest BCUT2D eigenvalue weighted by Gasteiger charge is 2.56. The first kappa shape index (κ1) is 27.2. The first-order chi connectivity index (χ1) is 17.4. The fourth-order valence-corrected chi connectivity index (χ4v) is 6.01. The second kappa shape index (κ2) is 10.5. The van der Waals surface area contributed by atoms with Crippen LogP contribution < -0.4 is 0 Å². The van der Waals surface area contributed by atoms with Crippen molar-refractivity contribution in [1.29, 1.82) is 0 Å². The molecule has 202 valence electrons. The van der Waals surface area contributed by atoms with Crippen LogP contribution >= 0.6 is 0 Å². The molecule has 10 heteroatoms. The summed E-state index contributed by atoms with van der Waals surface area (Å²) in [7, 11) is 2.02. The van der Waals surface area contributed by atoms with Crippen molar-refractivity contribution >= 4 is 11.9 Å². The van der Waals surface area contributed by atoms with Gasteiger partial charge in [0.05, 0.1) is 5.41 Å². The highest BCUT2D eigenvalue weighted by molar-refractivity contribution is 5.85. The summed E-state index contributed by atoms with van der Waals surface area (Å²) >= 11 is 0. The molecule has 2 saturated heterocycles. The molecule has 0 unspecified atom stereocenters. The van der Waals surface area contributed by atoms with Crippen LogP contribution in [0, 0.1) is 25.2 Å². The Labute approximate surface area is 215 Å². The Morgan fingerprint density at radius 3 is 2.38 bits per heavy atom. The maximum absolute atomic E-state index is 13.9. The van der Waals surface area contributed by atoms with Crippen LogP contribution in [0.1, 0.15) is 54.0 Å². The number of benzene rings is 1. The molecule has 5 rings (SSSR count). The third-order valence-electron chi connectivity index (χ3n) is 7.70. The Kier molecular flexibility index (Phi) is 7.69. The van der Waals surface area contributed by atoms with Crippen LogP contribution in [0.25, 0.3) is 0 Å². The predicted molar refractivity (Wildman–Crippen MR) is 132 cm³/mol. The Morgan fingerprint density at radius 2 is 1.84 bits per heavy atom. The molecule has 7 nitrogen and oxygen atoms in total. The molecular formula is C27H35F3N4O3.